The van der Waals surface area contributed by atoms with E-state index in [-0.39, 0.29) is 23.8 Å². The van der Waals surface area contributed by atoms with Crippen LogP contribution in [0.25, 0.3) is 5.57 Å². The van der Waals surface area contributed by atoms with Gasteiger partial charge in [0.25, 0.3) is 11.8 Å². The van der Waals surface area contributed by atoms with Crippen molar-refractivity contribution < 1.29 is 14.4 Å². The second-order valence-corrected chi connectivity index (χ2v) is 8.95. The summed E-state index contributed by atoms with van der Waals surface area (Å²) in [6.07, 6.45) is 7.29. The minimum atomic E-state index is -0.160. The zero-order valence-electron chi connectivity index (χ0n) is 17.9. The van der Waals surface area contributed by atoms with Gasteiger partial charge >= 0.3 is 0 Å². The fourth-order valence-electron chi connectivity index (χ4n) is 5.08. The number of likely N-dealkylation sites (tertiary alicyclic amines) is 1. The van der Waals surface area contributed by atoms with Gasteiger partial charge in [0.15, 0.2) is 0 Å². The van der Waals surface area contributed by atoms with Crippen LogP contribution in [0.5, 0.6) is 0 Å². The van der Waals surface area contributed by atoms with E-state index >= 15 is 0 Å². The van der Waals surface area contributed by atoms with E-state index in [1.807, 2.05) is 12.1 Å². The highest BCUT2D eigenvalue weighted by molar-refractivity contribution is 6.35. The molecule has 160 valence electrons. The summed E-state index contributed by atoms with van der Waals surface area (Å²) in [6, 6.07) is 7.27. The van der Waals surface area contributed by atoms with Gasteiger partial charge in [0.2, 0.25) is 5.91 Å². The van der Waals surface area contributed by atoms with Crippen LogP contribution in [-0.4, -0.2) is 46.7 Å². The zero-order valence-corrected chi connectivity index (χ0v) is 17.9. The molecule has 0 bridgehead atoms. The van der Waals surface area contributed by atoms with Gasteiger partial charge in [-0.3, -0.25) is 19.3 Å². The topological polar surface area (TPSA) is 69.7 Å². The second-order valence-electron chi connectivity index (χ2n) is 8.95. The van der Waals surface area contributed by atoms with Gasteiger partial charge in [0.1, 0.15) is 5.70 Å². The number of carbonyl (C=O) groups excluding carboxylic acids is 3. The Morgan fingerprint density at radius 2 is 1.67 bits per heavy atom. The molecule has 2 fully saturated rings. The lowest BCUT2D eigenvalue weighted by molar-refractivity contribution is -0.141. The number of imide groups is 1. The van der Waals surface area contributed by atoms with Crippen molar-refractivity contribution in [3.05, 3.63) is 35.5 Å². The van der Waals surface area contributed by atoms with Crippen LogP contribution in [0.3, 0.4) is 0 Å². The highest BCUT2D eigenvalue weighted by atomic mass is 16.2. The third-order valence-electron chi connectivity index (χ3n) is 6.50. The largest absolute Gasteiger partial charge is 0.366 e. The Labute approximate surface area is 178 Å². The second kappa shape index (κ2) is 8.62. The van der Waals surface area contributed by atoms with Crippen molar-refractivity contribution >= 4 is 29.0 Å². The molecular weight excluding hydrogens is 378 g/mol. The summed E-state index contributed by atoms with van der Waals surface area (Å²) in [4.78, 5) is 42.1. The van der Waals surface area contributed by atoms with E-state index in [9.17, 15) is 14.4 Å². The summed E-state index contributed by atoms with van der Waals surface area (Å²) in [5.74, 6) is 0.0798. The van der Waals surface area contributed by atoms with Gasteiger partial charge in [-0.25, -0.2) is 0 Å². The molecule has 6 heteroatoms. The van der Waals surface area contributed by atoms with Crippen LogP contribution in [-0.2, 0) is 14.4 Å². The van der Waals surface area contributed by atoms with Crippen molar-refractivity contribution in [1.82, 2.24) is 9.80 Å². The Balaban J connectivity index is 1.72. The third-order valence-corrected chi connectivity index (χ3v) is 6.50. The SMILES string of the molecule is CC(=O)Nc1ccc(C2=C(N3CCCC(C)C3)C(=O)N(C3CCCCC3)C2=O)cc1. The molecule has 1 aromatic rings. The Bertz CT molecular complexity index is 868. The minimum absolute atomic E-state index is 0.00659. The molecule has 3 amide bonds. The Morgan fingerprint density at radius 3 is 2.30 bits per heavy atom. The monoisotopic (exact) mass is 409 g/mol. The number of hydrogen-bond acceptors (Lipinski definition) is 4. The number of anilines is 1. The Hall–Kier alpha value is -2.63. The molecule has 6 nitrogen and oxygen atoms in total. The number of piperidine rings is 1. The highest BCUT2D eigenvalue weighted by Crippen LogP contribution is 2.37. The van der Waals surface area contributed by atoms with E-state index in [0.717, 1.165) is 57.2 Å². The molecule has 0 radical (unpaired) electrons. The Kier molecular flexibility index (Phi) is 5.93. The van der Waals surface area contributed by atoms with E-state index in [4.69, 9.17) is 0 Å². The first-order valence-electron chi connectivity index (χ1n) is 11.2. The van der Waals surface area contributed by atoms with Gasteiger partial charge in [0.05, 0.1) is 5.57 Å². The van der Waals surface area contributed by atoms with E-state index in [2.05, 4.69) is 17.1 Å². The summed E-state index contributed by atoms with van der Waals surface area (Å²) in [5, 5.41) is 2.76. The van der Waals surface area contributed by atoms with Crippen LogP contribution in [0.2, 0.25) is 0 Å². The lowest BCUT2D eigenvalue weighted by Crippen LogP contribution is -2.44. The number of rotatable bonds is 4. The number of nitrogens with one attached hydrogen (secondary N) is 1. The van der Waals surface area contributed by atoms with Crippen molar-refractivity contribution in [3.8, 4) is 0 Å². The summed E-state index contributed by atoms with van der Waals surface area (Å²) in [5.41, 5.74) is 2.52. The molecule has 1 N–H and O–H groups in total. The molecule has 2 heterocycles. The zero-order chi connectivity index (χ0) is 21.3. The molecule has 1 atom stereocenters. The van der Waals surface area contributed by atoms with Gasteiger partial charge in [-0.15, -0.1) is 0 Å². The van der Waals surface area contributed by atoms with Crippen LogP contribution in [0.15, 0.2) is 30.0 Å². The number of hydrogen-bond donors (Lipinski definition) is 1. The van der Waals surface area contributed by atoms with Crippen LogP contribution in [0.1, 0.15) is 64.4 Å². The number of carbonyl (C=O) groups is 3. The van der Waals surface area contributed by atoms with Crippen molar-refractivity contribution in [3.63, 3.8) is 0 Å². The highest BCUT2D eigenvalue weighted by Gasteiger charge is 2.45. The molecule has 1 aliphatic carbocycles. The van der Waals surface area contributed by atoms with E-state index in [1.165, 1.54) is 13.3 Å². The average Bonchev–Trinajstić information content (AvgIpc) is 2.99. The van der Waals surface area contributed by atoms with Gasteiger partial charge in [-0.1, -0.05) is 38.3 Å². The van der Waals surface area contributed by atoms with Crippen molar-refractivity contribution in [2.75, 3.05) is 18.4 Å². The molecule has 1 saturated heterocycles. The fraction of sp³-hybridized carbons (Fsp3) is 0.542. The van der Waals surface area contributed by atoms with Gasteiger partial charge < -0.3 is 10.2 Å². The van der Waals surface area contributed by atoms with Gasteiger partial charge in [0, 0.05) is 31.7 Å². The summed E-state index contributed by atoms with van der Waals surface area (Å²) < 4.78 is 0. The molecule has 3 aliphatic rings. The first kappa shape index (κ1) is 20.6. The maximum atomic E-state index is 13.6. The molecule has 0 aromatic heterocycles. The fourth-order valence-corrected chi connectivity index (χ4v) is 5.08. The average molecular weight is 410 g/mol. The minimum Gasteiger partial charge on any atom is -0.366 e. The van der Waals surface area contributed by atoms with Crippen LogP contribution >= 0.6 is 0 Å². The van der Waals surface area contributed by atoms with Crippen molar-refractivity contribution in [2.45, 2.75) is 64.8 Å². The predicted molar refractivity (Wildman–Crippen MR) is 116 cm³/mol. The summed E-state index contributed by atoms with van der Waals surface area (Å²) in [7, 11) is 0. The standard InChI is InChI=1S/C24H31N3O3/c1-16-7-6-14-26(15-16)22-21(18-10-12-19(13-11-18)25-17(2)28)23(29)27(24(22)30)20-8-4-3-5-9-20/h10-13,16,20H,3-9,14-15H2,1-2H3,(H,25,28). The molecule has 1 aromatic carbocycles. The lowest BCUT2D eigenvalue weighted by atomic mass is 9.94. The first-order chi connectivity index (χ1) is 14.5. The third kappa shape index (κ3) is 4.00. The van der Waals surface area contributed by atoms with Crippen LogP contribution in [0, 0.1) is 5.92 Å². The molecule has 2 aliphatic heterocycles. The maximum Gasteiger partial charge on any atom is 0.278 e. The molecular formula is C24H31N3O3. The normalized spacial score (nSPS) is 23.3. The van der Waals surface area contributed by atoms with Crippen molar-refractivity contribution in [1.29, 1.82) is 0 Å². The molecule has 1 unspecified atom stereocenters. The molecule has 4 rings (SSSR count). The summed E-state index contributed by atoms with van der Waals surface area (Å²) in [6.45, 7) is 5.28. The van der Waals surface area contributed by atoms with E-state index in [0.29, 0.717) is 22.9 Å². The summed E-state index contributed by atoms with van der Waals surface area (Å²) >= 11 is 0. The first-order valence-corrected chi connectivity index (χ1v) is 11.2. The molecule has 1 saturated carbocycles. The quantitative estimate of drug-likeness (QED) is 0.768. The maximum absolute atomic E-state index is 13.6. The Morgan fingerprint density at radius 1 is 0.967 bits per heavy atom. The van der Waals surface area contributed by atoms with Gasteiger partial charge in [-0.05, 0) is 49.3 Å². The van der Waals surface area contributed by atoms with Gasteiger partial charge in [-0.2, -0.15) is 0 Å². The lowest BCUT2D eigenvalue weighted by Gasteiger charge is -2.34. The smallest absolute Gasteiger partial charge is 0.278 e. The predicted octanol–water partition coefficient (Wildman–Crippen LogP) is 3.79. The van der Waals surface area contributed by atoms with Crippen molar-refractivity contribution in [2.24, 2.45) is 5.92 Å². The van der Waals surface area contributed by atoms with E-state index < -0.39 is 0 Å². The number of benzene rings is 1. The molecule has 30 heavy (non-hydrogen) atoms. The molecule has 0 spiro atoms. The number of amides is 3. The number of nitrogens with zero attached hydrogens (tertiary/aromatic N) is 2. The van der Waals surface area contributed by atoms with Crippen LogP contribution < -0.4 is 5.32 Å². The van der Waals surface area contributed by atoms with E-state index in [1.54, 1.807) is 17.0 Å². The van der Waals surface area contributed by atoms with Crippen LogP contribution in [0.4, 0.5) is 5.69 Å².